The van der Waals surface area contributed by atoms with Crippen LogP contribution < -0.4 is 4.74 Å². The minimum atomic E-state index is -0.0266. The fourth-order valence-corrected chi connectivity index (χ4v) is 2.59. The SMILES string of the molecule is COc1ccc(Br)c(C(=O)N(C)CC2CCCO2)c1. The highest BCUT2D eigenvalue weighted by Gasteiger charge is 2.22. The molecule has 4 nitrogen and oxygen atoms in total. The van der Waals surface area contributed by atoms with E-state index in [1.54, 1.807) is 25.1 Å². The Morgan fingerprint density at radius 2 is 2.37 bits per heavy atom. The Kier molecular flexibility index (Phi) is 4.82. The lowest BCUT2D eigenvalue weighted by atomic mass is 10.1. The summed E-state index contributed by atoms with van der Waals surface area (Å²) >= 11 is 3.41. The van der Waals surface area contributed by atoms with Crippen LogP contribution in [0.1, 0.15) is 23.2 Å². The molecule has 0 radical (unpaired) electrons. The number of benzene rings is 1. The number of amides is 1. The third kappa shape index (κ3) is 3.48. The van der Waals surface area contributed by atoms with Gasteiger partial charge in [-0.1, -0.05) is 0 Å². The summed E-state index contributed by atoms with van der Waals surface area (Å²) in [4.78, 5) is 14.1. The van der Waals surface area contributed by atoms with Crippen molar-refractivity contribution in [1.82, 2.24) is 4.90 Å². The van der Waals surface area contributed by atoms with Crippen molar-refractivity contribution in [3.05, 3.63) is 28.2 Å². The number of likely N-dealkylation sites (N-methyl/N-ethyl adjacent to an activating group) is 1. The van der Waals surface area contributed by atoms with E-state index in [2.05, 4.69) is 15.9 Å². The first-order chi connectivity index (χ1) is 9.11. The molecule has 1 aliphatic rings. The highest BCUT2D eigenvalue weighted by molar-refractivity contribution is 9.10. The standard InChI is InChI=1S/C14H18BrNO3/c1-16(9-11-4-3-7-19-11)14(17)12-8-10(18-2)5-6-13(12)15/h5-6,8,11H,3-4,7,9H2,1-2H3. The second-order valence-corrected chi connectivity index (χ2v) is 5.52. The van der Waals surface area contributed by atoms with Crippen LogP contribution in [0.25, 0.3) is 0 Å². The van der Waals surface area contributed by atoms with Gasteiger partial charge in [-0.05, 0) is 47.0 Å². The first-order valence-corrected chi connectivity index (χ1v) is 7.11. The zero-order valence-electron chi connectivity index (χ0n) is 11.2. The summed E-state index contributed by atoms with van der Waals surface area (Å²) in [5.74, 6) is 0.651. The number of hydrogen-bond acceptors (Lipinski definition) is 3. The molecule has 1 aliphatic heterocycles. The predicted molar refractivity (Wildman–Crippen MR) is 76.6 cm³/mol. The van der Waals surface area contributed by atoms with E-state index < -0.39 is 0 Å². The molecule has 1 amide bonds. The highest BCUT2D eigenvalue weighted by Crippen LogP contribution is 2.24. The van der Waals surface area contributed by atoms with Gasteiger partial charge in [-0.25, -0.2) is 0 Å². The summed E-state index contributed by atoms with van der Waals surface area (Å²) in [5.41, 5.74) is 0.611. The lowest BCUT2D eigenvalue weighted by Gasteiger charge is -2.21. The molecule has 1 unspecified atom stereocenters. The second kappa shape index (κ2) is 6.39. The van der Waals surface area contributed by atoms with Gasteiger partial charge in [0.25, 0.3) is 5.91 Å². The van der Waals surface area contributed by atoms with Gasteiger partial charge in [-0.3, -0.25) is 4.79 Å². The maximum absolute atomic E-state index is 12.4. The van der Waals surface area contributed by atoms with Crippen LogP contribution in [0.5, 0.6) is 5.75 Å². The fraction of sp³-hybridized carbons (Fsp3) is 0.500. The number of methoxy groups -OCH3 is 1. The molecule has 104 valence electrons. The van der Waals surface area contributed by atoms with Gasteiger partial charge < -0.3 is 14.4 Å². The maximum Gasteiger partial charge on any atom is 0.254 e. The first-order valence-electron chi connectivity index (χ1n) is 6.32. The Bertz CT molecular complexity index is 458. The summed E-state index contributed by atoms with van der Waals surface area (Å²) in [6.45, 7) is 1.43. The van der Waals surface area contributed by atoms with Crippen molar-refractivity contribution in [2.75, 3.05) is 27.3 Å². The molecular formula is C14H18BrNO3. The van der Waals surface area contributed by atoms with E-state index in [4.69, 9.17) is 9.47 Å². The average molecular weight is 328 g/mol. The smallest absolute Gasteiger partial charge is 0.254 e. The number of nitrogens with zero attached hydrogens (tertiary/aromatic N) is 1. The number of hydrogen-bond donors (Lipinski definition) is 0. The van der Waals surface area contributed by atoms with E-state index in [-0.39, 0.29) is 12.0 Å². The van der Waals surface area contributed by atoms with Crippen LogP contribution in [0.3, 0.4) is 0 Å². The van der Waals surface area contributed by atoms with Crippen molar-refractivity contribution in [1.29, 1.82) is 0 Å². The van der Waals surface area contributed by atoms with Gasteiger partial charge >= 0.3 is 0 Å². The number of carbonyl (C=O) groups excluding carboxylic acids is 1. The summed E-state index contributed by atoms with van der Waals surface area (Å²) in [5, 5.41) is 0. The Morgan fingerprint density at radius 1 is 1.58 bits per heavy atom. The third-order valence-corrected chi connectivity index (χ3v) is 3.94. The summed E-state index contributed by atoms with van der Waals surface area (Å²) < 4.78 is 11.5. The van der Waals surface area contributed by atoms with E-state index in [0.717, 1.165) is 23.9 Å². The van der Waals surface area contributed by atoms with Gasteiger partial charge in [0.1, 0.15) is 5.75 Å². The van der Waals surface area contributed by atoms with Crippen LogP contribution in [0.15, 0.2) is 22.7 Å². The molecule has 5 heteroatoms. The molecule has 0 aliphatic carbocycles. The van der Waals surface area contributed by atoms with Crippen molar-refractivity contribution in [3.8, 4) is 5.75 Å². The van der Waals surface area contributed by atoms with Crippen molar-refractivity contribution >= 4 is 21.8 Å². The topological polar surface area (TPSA) is 38.8 Å². The largest absolute Gasteiger partial charge is 0.497 e. The zero-order valence-corrected chi connectivity index (χ0v) is 12.8. The monoisotopic (exact) mass is 327 g/mol. The van der Waals surface area contributed by atoms with Crippen molar-refractivity contribution < 1.29 is 14.3 Å². The van der Waals surface area contributed by atoms with Gasteiger partial charge in [0.05, 0.1) is 18.8 Å². The Labute approximate surface area is 121 Å². The zero-order chi connectivity index (χ0) is 13.8. The molecule has 1 heterocycles. The lowest BCUT2D eigenvalue weighted by Crippen LogP contribution is -2.34. The number of carbonyl (C=O) groups is 1. The molecule has 0 saturated carbocycles. The van der Waals surface area contributed by atoms with Crippen LogP contribution in [-0.4, -0.2) is 44.2 Å². The van der Waals surface area contributed by atoms with Crippen molar-refractivity contribution in [2.45, 2.75) is 18.9 Å². The van der Waals surface area contributed by atoms with Crippen LogP contribution in [-0.2, 0) is 4.74 Å². The molecule has 1 atom stereocenters. The predicted octanol–water partition coefficient (Wildman–Crippen LogP) is 2.71. The van der Waals surface area contributed by atoms with E-state index in [1.807, 2.05) is 12.1 Å². The summed E-state index contributed by atoms with van der Waals surface area (Å²) in [6.07, 6.45) is 2.27. The van der Waals surface area contributed by atoms with Crippen molar-refractivity contribution in [3.63, 3.8) is 0 Å². The highest BCUT2D eigenvalue weighted by atomic mass is 79.9. The molecule has 0 aromatic heterocycles. The lowest BCUT2D eigenvalue weighted by molar-refractivity contribution is 0.0586. The molecule has 1 aromatic carbocycles. The van der Waals surface area contributed by atoms with E-state index >= 15 is 0 Å². The minimum Gasteiger partial charge on any atom is -0.497 e. The van der Waals surface area contributed by atoms with Crippen LogP contribution in [0, 0.1) is 0 Å². The molecule has 1 fully saturated rings. The normalized spacial score (nSPS) is 18.4. The number of halogens is 1. The fourth-order valence-electron chi connectivity index (χ4n) is 2.18. The average Bonchev–Trinajstić information content (AvgIpc) is 2.91. The molecular weight excluding hydrogens is 310 g/mol. The van der Waals surface area contributed by atoms with Gasteiger partial charge in [0.15, 0.2) is 0 Å². The van der Waals surface area contributed by atoms with Gasteiger partial charge in [-0.15, -0.1) is 0 Å². The molecule has 0 bridgehead atoms. The van der Waals surface area contributed by atoms with Crippen molar-refractivity contribution in [2.24, 2.45) is 0 Å². The molecule has 0 N–H and O–H groups in total. The Balaban J connectivity index is 2.09. The van der Waals surface area contributed by atoms with E-state index in [1.165, 1.54) is 0 Å². The van der Waals surface area contributed by atoms with Gasteiger partial charge in [-0.2, -0.15) is 0 Å². The first kappa shape index (κ1) is 14.3. The minimum absolute atomic E-state index is 0.0266. The van der Waals surface area contributed by atoms with E-state index in [0.29, 0.717) is 17.9 Å². The molecule has 1 saturated heterocycles. The second-order valence-electron chi connectivity index (χ2n) is 4.67. The number of rotatable bonds is 4. The van der Waals surface area contributed by atoms with Crippen LogP contribution >= 0.6 is 15.9 Å². The van der Waals surface area contributed by atoms with Crippen LogP contribution in [0.4, 0.5) is 0 Å². The Morgan fingerprint density at radius 3 is 3.00 bits per heavy atom. The van der Waals surface area contributed by atoms with Crippen LogP contribution in [0.2, 0.25) is 0 Å². The Hall–Kier alpha value is -1.07. The van der Waals surface area contributed by atoms with E-state index in [9.17, 15) is 4.79 Å². The summed E-state index contributed by atoms with van der Waals surface area (Å²) in [7, 11) is 3.39. The summed E-state index contributed by atoms with van der Waals surface area (Å²) in [6, 6.07) is 5.39. The van der Waals surface area contributed by atoms with Gasteiger partial charge in [0.2, 0.25) is 0 Å². The quantitative estimate of drug-likeness (QED) is 0.853. The molecule has 2 rings (SSSR count). The van der Waals surface area contributed by atoms with Gasteiger partial charge in [0, 0.05) is 24.7 Å². The maximum atomic E-state index is 12.4. The molecule has 1 aromatic rings. The molecule has 0 spiro atoms. The third-order valence-electron chi connectivity index (χ3n) is 3.25. The number of ether oxygens (including phenoxy) is 2. The molecule has 19 heavy (non-hydrogen) atoms.